The Morgan fingerprint density at radius 3 is 2.34 bits per heavy atom. The van der Waals surface area contributed by atoms with Gasteiger partial charge >= 0.3 is 0 Å². The molecule has 29 heavy (non-hydrogen) atoms. The lowest BCUT2D eigenvalue weighted by molar-refractivity contribution is 0.269. The van der Waals surface area contributed by atoms with E-state index in [2.05, 4.69) is 21.2 Å². The maximum Gasteiger partial charge on any atom is 0.162 e. The van der Waals surface area contributed by atoms with E-state index in [4.69, 9.17) is 32.7 Å². The Morgan fingerprint density at radius 1 is 0.931 bits per heavy atom. The van der Waals surface area contributed by atoms with Gasteiger partial charge in [0.2, 0.25) is 0 Å². The van der Waals surface area contributed by atoms with Crippen LogP contribution >= 0.6 is 39.1 Å². The zero-order chi connectivity index (χ0) is 20.8. The molecule has 152 valence electrons. The van der Waals surface area contributed by atoms with Crippen molar-refractivity contribution in [2.75, 3.05) is 11.9 Å². The number of hydrogen-bond acceptors (Lipinski definition) is 3. The molecule has 0 bridgehead atoms. The van der Waals surface area contributed by atoms with E-state index in [1.807, 2.05) is 25.1 Å². The second-order valence-electron chi connectivity index (χ2n) is 6.22. The molecule has 0 unspecified atom stereocenters. The average Bonchev–Trinajstić information content (AvgIpc) is 2.70. The van der Waals surface area contributed by atoms with Crippen LogP contribution in [0.2, 0.25) is 10.0 Å². The van der Waals surface area contributed by atoms with E-state index in [0.717, 1.165) is 21.3 Å². The largest absolute Gasteiger partial charge is 0.490 e. The highest BCUT2D eigenvalue weighted by Gasteiger charge is 2.12. The maximum absolute atomic E-state index is 13.1. The van der Waals surface area contributed by atoms with Crippen LogP contribution in [-0.4, -0.2) is 6.61 Å². The summed E-state index contributed by atoms with van der Waals surface area (Å²) in [6, 6.07) is 15.4. The highest BCUT2D eigenvalue weighted by molar-refractivity contribution is 9.10. The van der Waals surface area contributed by atoms with Crippen LogP contribution < -0.4 is 14.8 Å². The summed E-state index contributed by atoms with van der Waals surface area (Å²) in [5, 5.41) is 4.33. The fourth-order valence-corrected chi connectivity index (χ4v) is 3.40. The molecule has 0 radical (unpaired) electrons. The predicted molar refractivity (Wildman–Crippen MR) is 120 cm³/mol. The number of hydrogen-bond donors (Lipinski definition) is 1. The van der Waals surface area contributed by atoms with Crippen LogP contribution in [0, 0.1) is 5.82 Å². The summed E-state index contributed by atoms with van der Waals surface area (Å²) in [6.45, 7) is 3.29. The second kappa shape index (κ2) is 10.2. The number of nitrogens with one attached hydrogen (secondary N) is 1. The molecular formula is C22H19BrCl2FNO2. The molecule has 0 heterocycles. The first-order valence-electron chi connectivity index (χ1n) is 8.97. The third kappa shape index (κ3) is 6.01. The summed E-state index contributed by atoms with van der Waals surface area (Å²) in [5.74, 6) is 0.982. The van der Waals surface area contributed by atoms with Gasteiger partial charge in [0.1, 0.15) is 12.4 Å². The fraction of sp³-hybridized carbons (Fsp3) is 0.182. The van der Waals surface area contributed by atoms with Crippen LogP contribution in [0.3, 0.4) is 0 Å². The molecule has 0 aliphatic carbocycles. The van der Waals surface area contributed by atoms with Crippen LogP contribution in [0.4, 0.5) is 10.1 Å². The lowest BCUT2D eigenvalue weighted by Crippen LogP contribution is -2.04. The molecule has 7 heteroatoms. The highest BCUT2D eigenvalue weighted by atomic mass is 79.9. The van der Waals surface area contributed by atoms with Crippen molar-refractivity contribution < 1.29 is 13.9 Å². The summed E-state index contributed by atoms with van der Waals surface area (Å²) in [6.07, 6.45) is 0. The number of ether oxygens (including phenoxy) is 2. The Kier molecular flexibility index (Phi) is 7.64. The van der Waals surface area contributed by atoms with E-state index in [-0.39, 0.29) is 5.82 Å². The van der Waals surface area contributed by atoms with Gasteiger partial charge in [-0.3, -0.25) is 0 Å². The van der Waals surface area contributed by atoms with Gasteiger partial charge in [0, 0.05) is 16.7 Å². The number of rotatable bonds is 8. The molecule has 0 aromatic heterocycles. The van der Waals surface area contributed by atoms with E-state index in [1.165, 1.54) is 12.1 Å². The highest BCUT2D eigenvalue weighted by Crippen LogP contribution is 2.35. The van der Waals surface area contributed by atoms with Crippen LogP contribution in [0.15, 0.2) is 59.1 Å². The number of halogens is 4. The van der Waals surface area contributed by atoms with Gasteiger partial charge in [0.05, 0.1) is 16.7 Å². The molecule has 0 fully saturated rings. The first-order chi connectivity index (χ1) is 14.0. The quantitative estimate of drug-likeness (QED) is 0.349. The molecule has 0 aliphatic rings. The fourth-order valence-electron chi connectivity index (χ4n) is 2.64. The lowest BCUT2D eigenvalue weighted by atomic mass is 10.2. The van der Waals surface area contributed by atoms with Crippen LogP contribution in [0.1, 0.15) is 18.1 Å². The molecule has 3 rings (SSSR count). The van der Waals surface area contributed by atoms with Gasteiger partial charge in [-0.15, -0.1) is 0 Å². The van der Waals surface area contributed by atoms with Gasteiger partial charge in [-0.1, -0.05) is 51.3 Å². The molecule has 3 aromatic carbocycles. The molecular weight excluding hydrogens is 480 g/mol. The molecule has 3 nitrogen and oxygen atoms in total. The zero-order valence-electron chi connectivity index (χ0n) is 15.6. The number of benzene rings is 3. The monoisotopic (exact) mass is 497 g/mol. The lowest BCUT2D eigenvalue weighted by Gasteiger charge is -2.16. The Labute approximate surface area is 187 Å². The smallest absolute Gasteiger partial charge is 0.162 e. The van der Waals surface area contributed by atoms with Crippen molar-refractivity contribution in [1.82, 2.24) is 0 Å². The van der Waals surface area contributed by atoms with Gasteiger partial charge in [-0.05, 0) is 60.5 Å². The minimum absolute atomic E-state index is 0.273. The van der Waals surface area contributed by atoms with E-state index in [9.17, 15) is 4.39 Å². The van der Waals surface area contributed by atoms with Crippen molar-refractivity contribution >= 4 is 44.8 Å². The average molecular weight is 499 g/mol. The van der Waals surface area contributed by atoms with Crippen molar-refractivity contribution in [2.45, 2.75) is 20.1 Å². The van der Waals surface area contributed by atoms with Crippen molar-refractivity contribution in [3.05, 3.63) is 86.1 Å². The van der Waals surface area contributed by atoms with Crippen LogP contribution in [-0.2, 0) is 13.2 Å². The second-order valence-corrected chi connectivity index (χ2v) is 7.89. The Bertz CT molecular complexity index is 983. The van der Waals surface area contributed by atoms with Gasteiger partial charge in [0.15, 0.2) is 11.5 Å². The topological polar surface area (TPSA) is 30.5 Å². The first-order valence-corrected chi connectivity index (χ1v) is 10.5. The van der Waals surface area contributed by atoms with E-state index >= 15 is 0 Å². The van der Waals surface area contributed by atoms with Crippen molar-refractivity contribution in [1.29, 1.82) is 0 Å². The van der Waals surface area contributed by atoms with Gasteiger partial charge in [-0.25, -0.2) is 4.39 Å². The Balaban J connectivity index is 1.74. The molecule has 1 N–H and O–H groups in total. The predicted octanol–water partition coefficient (Wildman–Crippen LogP) is 7.48. The molecule has 0 saturated carbocycles. The van der Waals surface area contributed by atoms with Gasteiger partial charge in [-0.2, -0.15) is 0 Å². The van der Waals surface area contributed by atoms with Crippen molar-refractivity contribution in [3.8, 4) is 11.5 Å². The summed E-state index contributed by atoms with van der Waals surface area (Å²) >= 11 is 15.6. The van der Waals surface area contributed by atoms with Gasteiger partial charge < -0.3 is 14.8 Å². The molecule has 0 spiro atoms. The summed E-state index contributed by atoms with van der Waals surface area (Å²) in [5.41, 5.74) is 2.73. The zero-order valence-corrected chi connectivity index (χ0v) is 18.7. The minimum Gasteiger partial charge on any atom is -0.490 e. The molecule has 0 amide bonds. The van der Waals surface area contributed by atoms with E-state index < -0.39 is 0 Å². The molecule has 3 aromatic rings. The molecule has 0 aliphatic heterocycles. The minimum atomic E-state index is -0.273. The normalized spacial score (nSPS) is 10.7. The first kappa shape index (κ1) is 21.8. The van der Waals surface area contributed by atoms with Crippen molar-refractivity contribution in [2.24, 2.45) is 0 Å². The summed E-state index contributed by atoms with van der Waals surface area (Å²) in [4.78, 5) is 0. The standard InChI is InChI=1S/C22H19BrCl2FNO2/c1-2-28-21-9-15(12-27-17-7-8-19(24)20(25)10-17)18(23)11-22(21)29-13-14-3-5-16(26)6-4-14/h3-11,27H,2,12-13H2,1H3. The SMILES string of the molecule is CCOc1cc(CNc2ccc(Cl)c(Cl)c2)c(Br)cc1OCc1ccc(F)cc1. The third-order valence-electron chi connectivity index (χ3n) is 4.12. The number of anilines is 1. The molecule has 0 atom stereocenters. The van der Waals surface area contributed by atoms with E-state index in [0.29, 0.717) is 41.3 Å². The summed E-state index contributed by atoms with van der Waals surface area (Å²) < 4.78 is 25.6. The van der Waals surface area contributed by atoms with Crippen molar-refractivity contribution in [3.63, 3.8) is 0 Å². The maximum atomic E-state index is 13.1. The van der Waals surface area contributed by atoms with Gasteiger partial charge in [0.25, 0.3) is 0 Å². The van der Waals surface area contributed by atoms with Crippen LogP contribution in [0.25, 0.3) is 0 Å². The Hall–Kier alpha value is -1.95. The van der Waals surface area contributed by atoms with E-state index in [1.54, 1.807) is 24.3 Å². The summed E-state index contributed by atoms with van der Waals surface area (Å²) in [7, 11) is 0. The third-order valence-corrected chi connectivity index (χ3v) is 5.60. The van der Waals surface area contributed by atoms with Crippen LogP contribution in [0.5, 0.6) is 11.5 Å². The Morgan fingerprint density at radius 2 is 1.66 bits per heavy atom. The molecule has 0 saturated heterocycles.